The fourth-order valence-corrected chi connectivity index (χ4v) is 4.15. The van der Waals surface area contributed by atoms with E-state index in [-0.39, 0.29) is 10.8 Å². The highest BCUT2D eigenvalue weighted by Gasteiger charge is 2.15. The monoisotopic (exact) mass is 429 g/mol. The van der Waals surface area contributed by atoms with Gasteiger partial charge in [-0.3, -0.25) is 9.52 Å². The molecule has 0 saturated heterocycles. The van der Waals surface area contributed by atoms with Crippen LogP contribution in [0.4, 0.5) is 10.8 Å². The zero-order valence-corrected chi connectivity index (χ0v) is 17.2. The molecule has 3 aromatic rings. The van der Waals surface area contributed by atoms with Gasteiger partial charge < -0.3 is 10.1 Å². The molecule has 0 unspecified atom stereocenters. The van der Waals surface area contributed by atoms with Gasteiger partial charge in [-0.15, -0.1) is 11.3 Å². The standard InChI is InChI=1S/C20H19N3O4S2/c1-2-27-17-8-3-15(4-9-17)5-12-19(24)22-16-6-10-18(11-7-16)29(25,26)23-20-21-13-14-28-20/h3-14H,2H2,1H3,(H,21,23)(H,22,24). The largest absolute Gasteiger partial charge is 0.494 e. The zero-order chi connectivity index (χ0) is 20.7. The van der Waals surface area contributed by atoms with E-state index in [1.165, 1.54) is 47.9 Å². The van der Waals surface area contributed by atoms with E-state index in [4.69, 9.17) is 4.74 Å². The van der Waals surface area contributed by atoms with Crippen LogP contribution in [0.1, 0.15) is 12.5 Å². The van der Waals surface area contributed by atoms with Crippen molar-refractivity contribution >= 4 is 44.2 Å². The molecular weight excluding hydrogens is 410 g/mol. The van der Waals surface area contributed by atoms with Crippen molar-refractivity contribution in [3.8, 4) is 5.75 Å². The first-order valence-corrected chi connectivity index (χ1v) is 11.1. The minimum atomic E-state index is -3.72. The lowest BCUT2D eigenvalue weighted by atomic mass is 10.2. The van der Waals surface area contributed by atoms with Crippen molar-refractivity contribution in [2.45, 2.75) is 11.8 Å². The number of sulfonamides is 1. The van der Waals surface area contributed by atoms with E-state index in [9.17, 15) is 13.2 Å². The van der Waals surface area contributed by atoms with E-state index < -0.39 is 10.0 Å². The Bertz CT molecular complexity index is 1080. The Morgan fingerprint density at radius 2 is 1.86 bits per heavy atom. The number of rotatable bonds is 8. The van der Waals surface area contributed by atoms with E-state index in [0.29, 0.717) is 17.4 Å². The molecule has 0 spiro atoms. The normalized spacial score (nSPS) is 11.3. The second kappa shape index (κ2) is 9.35. The number of nitrogens with zero attached hydrogens (tertiary/aromatic N) is 1. The molecule has 1 amide bonds. The van der Waals surface area contributed by atoms with Crippen LogP contribution in [-0.4, -0.2) is 25.9 Å². The Kier molecular flexibility index (Phi) is 6.63. The maximum atomic E-state index is 12.3. The smallest absolute Gasteiger partial charge is 0.263 e. The molecule has 2 N–H and O–H groups in total. The molecular formula is C20H19N3O4S2. The Hall–Kier alpha value is -3.17. The summed E-state index contributed by atoms with van der Waals surface area (Å²) in [6.07, 6.45) is 4.61. The van der Waals surface area contributed by atoms with Crippen LogP contribution in [0.25, 0.3) is 6.08 Å². The highest BCUT2D eigenvalue weighted by molar-refractivity contribution is 7.93. The Morgan fingerprint density at radius 1 is 1.14 bits per heavy atom. The van der Waals surface area contributed by atoms with Gasteiger partial charge in [0.2, 0.25) is 5.91 Å². The molecule has 0 saturated carbocycles. The van der Waals surface area contributed by atoms with Crippen molar-refractivity contribution < 1.29 is 17.9 Å². The Morgan fingerprint density at radius 3 is 2.48 bits per heavy atom. The molecule has 0 aliphatic carbocycles. The molecule has 29 heavy (non-hydrogen) atoms. The van der Waals surface area contributed by atoms with Gasteiger partial charge in [0.05, 0.1) is 11.5 Å². The summed E-state index contributed by atoms with van der Waals surface area (Å²) in [7, 11) is -3.72. The van der Waals surface area contributed by atoms with Crippen molar-refractivity contribution in [1.82, 2.24) is 4.98 Å². The molecule has 1 aromatic heterocycles. The highest BCUT2D eigenvalue weighted by Crippen LogP contribution is 2.19. The van der Waals surface area contributed by atoms with Crippen molar-refractivity contribution in [2.75, 3.05) is 16.6 Å². The second-order valence-electron chi connectivity index (χ2n) is 5.79. The number of aromatic nitrogens is 1. The number of carbonyl (C=O) groups excluding carboxylic acids is 1. The predicted octanol–water partition coefficient (Wildman–Crippen LogP) is 3.99. The van der Waals surface area contributed by atoms with E-state index in [0.717, 1.165) is 11.3 Å². The summed E-state index contributed by atoms with van der Waals surface area (Å²) in [5.74, 6) is 0.448. The number of amides is 1. The fraction of sp³-hybridized carbons (Fsp3) is 0.100. The topological polar surface area (TPSA) is 97.4 Å². The third kappa shape index (κ3) is 5.90. The number of anilines is 2. The molecule has 1 heterocycles. The van der Waals surface area contributed by atoms with Gasteiger partial charge in [-0.2, -0.15) is 0 Å². The maximum Gasteiger partial charge on any atom is 0.263 e. The number of hydrogen-bond donors (Lipinski definition) is 2. The molecule has 0 aliphatic heterocycles. The lowest BCUT2D eigenvalue weighted by Crippen LogP contribution is -2.13. The number of carbonyl (C=O) groups is 1. The molecule has 0 radical (unpaired) electrons. The van der Waals surface area contributed by atoms with Gasteiger partial charge in [0.15, 0.2) is 5.13 Å². The second-order valence-corrected chi connectivity index (χ2v) is 8.37. The summed E-state index contributed by atoms with van der Waals surface area (Å²) in [4.78, 5) is 16.1. The van der Waals surface area contributed by atoms with Gasteiger partial charge in [0.25, 0.3) is 10.0 Å². The quantitative estimate of drug-likeness (QED) is 0.528. The third-order valence-corrected chi connectivity index (χ3v) is 5.88. The number of nitrogens with one attached hydrogen (secondary N) is 2. The average molecular weight is 430 g/mol. The zero-order valence-electron chi connectivity index (χ0n) is 15.5. The minimum absolute atomic E-state index is 0.0793. The molecule has 7 nitrogen and oxygen atoms in total. The predicted molar refractivity (Wildman–Crippen MR) is 115 cm³/mol. The maximum absolute atomic E-state index is 12.3. The van der Waals surface area contributed by atoms with Gasteiger partial charge in [-0.25, -0.2) is 13.4 Å². The van der Waals surface area contributed by atoms with Crippen molar-refractivity contribution in [3.63, 3.8) is 0 Å². The van der Waals surface area contributed by atoms with Gasteiger partial charge in [-0.1, -0.05) is 12.1 Å². The lowest BCUT2D eigenvalue weighted by Gasteiger charge is -2.07. The van der Waals surface area contributed by atoms with Crippen LogP contribution >= 0.6 is 11.3 Å². The van der Waals surface area contributed by atoms with Gasteiger partial charge in [0.1, 0.15) is 5.75 Å². The van der Waals surface area contributed by atoms with Crippen LogP contribution in [0.3, 0.4) is 0 Å². The molecule has 150 valence electrons. The van der Waals surface area contributed by atoms with Crippen LogP contribution in [-0.2, 0) is 14.8 Å². The molecule has 0 aliphatic rings. The average Bonchev–Trinajstić information content (AvgIpc) is 3.20. The summed E-state index contributed by atoms with van der Waals surface area (Å²) >= 11 is 1.19. The molecule has 2 aromatic carbocycles. The van der Waals surface area contributed by atoms with Crippen LogP contribution < -0.4 is 14.8 Å². The van der Waals surface area contributed by atoms with Gasteiger partial charge in [-0.05, 0) is 55.0 Å². The first kappa shape index (κ1) is 20.6. The molecule has 0 bridgehead atoms. The highest BCUT2D eigenvalue weighted by atomic mass is 32.2. The Balaban J connectivity index is 1.59. The number of hydrogen-bond acceptors (Lipinski definition) is 6. The summed E-state index contributed by atoms with van der Waals surface area (Å²) in [6.45, 7) is 2.51. The fourth-order valence-electron chi connectivity index (χ4n) is 2.36. The minimum Gasteiger partial charge on any atom is -0.494 e. The van der Waals surface area contributed by atoms with Crippen molar-refractivity contribution in [1.29, 1.82) is 0 Å². The summed E-state index contributed by atoms with van der Waals surface area (Å²) in [5, 5.41) is 4.66. The van der Waals surface area contributed by atoms with Crippen LogP contribution in [0.2, 0.25) is 0 Å². The first-order valence-electron chi connectivity index (χ1n) is 8.70. The number of thiazole rings is 1. The summed E-state index contributed by atoms with van der Waals surface area (Å²) in [5.41, 5.74) is 1.35. The molecule has 0 atom stereocenters. The lowest BCUT2D eigenvalue weighted by molar-refractivity contribution is -0.111. The molecule has 9 heteroatoms. The van der Waals surface area contributed by atoms with E-state index in [2.05, 4.69) is 15.0 Å². The summed E-state index contributed by atoms with van der Waals surface area (Å²) < 4.78 is 32.4. The number of benzene rings is 2. The Labute approximate surface area is 173 Å². The van der Waals surface area contributed by atoms with E-state index in [1.54, 1.807) is 11.5 Å². The first-order chi connectivity index (χ1) is 14.0. The molecule has 3 rings (SSSR count). The van der Waals surface area contributed by atoms with E-state index >= 15 is 0 Å². The van der Waals surface area contributed by atoms with Crippen molar-refractivity contribution in [2.24, 2.45) is 0 Å². The molecule has 0 fully saturated rings. The van der Waals surface area contributed by atoms with Crippen LogP contribution in [0, 0.1) is 0 Å². The van der Waals surface area contributed by atoms with Crippen molar-refractivity contribution in [3.05, 3.63) is 71.7 Å². The van der Waals surface area contributed by atoms with Gasteiger partial charge >= 0.3 is 0 Å². The number of ether oxygens (including phenoxy) is 1. The van der Waals surface area contributed by atoms with E-state index in [1.807, 2.05) is 31.2 Å². The van der Waals surface area contributed by atoms with Crippen LogP contribution in [0.15, 0.2) is 71.1 Å². The summed E-state index contributed by atoms with van der Waals surface area (Å²) in [6, 6.07) is 13.3. The van der Waals surface area contributed by atoms with Crippen LogP contribution in [0.5, 0.6) is 5.75 Å². The SMILES string of the molecule is CCOc1ccc(C=CC(=O)Nc2ccc(S(=O)(=O)Nc3nccs3)cc2)cc1. The van der Waals surface area contributed by atoms with Gasteiger partial charge in [0, 0.05) is 23.3 Å². The third-order valence-electron chi connectivity index (χ3n) is 3.70.